The van der Waals surface area contributed by atoms with Crippen LogP contribution in [0.1, 0.15) is 55.8 Å². The Morgan fingerprint density at radius 2 is 1.80 bits per heavy atom. The number of ether oxygens (including phenoxy) is 1. The maximum Gasteiger partial charge on any atom is 0.257 e. The summed E-state index contributed by atoms with van der Waals surface area (Å²) in [5.41, 5.74) is 0.728. The molecule has 1 aliphatic heterocycles. The molecule has 3 nitrogen and oxygen atoms in total. The summed E-state index contributed by atoms with van der Waals surface area (Å²) in [5.74, 6) is 1.58. The number of piperidine rings is 1. The highest BCUT2D eigenvalue weighted by Gasteiger charge is 2.36. The second-order valence-corrected chi connectivity index (χ2v) is 7.38. The highest BCUT2D eigenvalue weighted by molar-refractivity contribution is 6.01. The lowest BCUT2D eigenvalue weighted by Gasteiger charge is -2.44. The van der Waals surface area contributed by atoms with Gasteiger partial charge in [-0.25, -0.2) is 0 Å². The fourth-order valence-electron chi connectivity index (χ4n) is 4.69. The van der Waals surface area contributed by atoms with Gasteiger partial charge in [0.1, 0.15) is 5.75 Å². The molecule has 2 fully saturated rings. The van der Waals surface area contributed by atoms with Gasteiger partial charge in [-0.1, -0.05) is 37.1 Å². The zero-order chi connectivity index (χ0) is 17.2. The minimum atomic E-state index is 0.158. The molecule has 1 saturated heterocycles. The second kappa shape index (κ2) is 7.07. The van der Waals surface area contributed by atoms with Crippen molar-refractivity contribution in [2.24, 2.45) is 5.92 Å². The van der Waals surface area contributed by atoms with Crippen LogP contribution in [-0.4, -0.2) is 30.0 Å². The molecule has 0 radical (unpaired) electrons. The number of fused-ring (bicyclic) bond motifs is 2. The minimum absolute atomic E-state index is 0.158. The van der Waals surface area contributed by atoms with Crippen LogP contribution >= 0.6 is 0 Å². The molecule has 132 valence electrons. The third-order valence-corrected chi connectivity index (χ3v) is 5.88. The van der Waals surface area contributed by atoms with Crippen molar-refractivity contribution in [3.63, 3.8) is 0 Å². The van der Waals surface area contributed by atoms with Crippen molar-refractivity contribution in [3.8, 4) is 5.75 Å². The Kier molecular flexibility index (Phi) is 4.65. The number of carbonyl (C=O) groups excluding carboxylic acids is 1. The van der Waals surface area contributed by atoms with E-state index in [0.717, 1.165) is 41.5 Å². The third-order valence-electron chi connectivity index (χ3n) is 5.88. The smallest absolute Gasteiger partial charge is 0.257 e. The van der Waals surface area contributed by atoms with Gasteiger partial charge in [0.25, 0.3) is 5.91 Å². The van der Waals surface area contributed by atoms with Crippen LogP contribution in [0.5, 0.6) is 5.75 Å². The predicted molar refractivity (Wildman–Crippen MR) is 101 cm³/mol. The van der Waals surface area contributed by atoms with Gasteiger partial charge < -0.3 is 9.64 Å². The summed E-state index contributed by atoms with van der Waals surface area (Å²) >= 11 is 0. The van der Waals surface area contributed by atoms with Crippen LogP contribution < -0.4 is 4.74 Å². The van der Waals surface area contributed by atoms with Crippen LogP contribution in [-0.2, 0) is 0 Å². The fourth-order valence-corrected chi connectivity index (χ4v) is 4.69. The highest BCUT2D eigenvalue weighted by atomic mass is 16.5. The lowest BCUT2D eigenvalue weighted by Crippen LogP contribution is -2.49. The fraction of sp³-hybridized carbons (Fsp3) is 0.500. The van der Waals surface area contributed by atoms with Gasteiger partial charge in [0.15, 0.2) is 0 Å². The molecule has 0 bridgehead atoms. The number of rotatable bonds is 3. The second-order valence-electron chi connectivity index (χ2n) is 7.38. The summed E-state index contributed by atoms with van der Waals surface area (Å²) in [4.78, 5) is 15.6. The molecule has 3 heteroatoms. The van der Waals surface area contributed by atoms with E-state index in [0.29, 0.717) is 18.6 Å². The Labute approximate surface area is 150 Å². The standard InChI is InChI=1S/C22H27NO2/c1-2-25-21-15-18-10-4-3-9-17(18)14-19(21)22(24)23-13-7-11-16-8-5-6-12-20(16)23/h3-4,9-10,14-16,20H,2,5-8,11-13H2,1H3. The van der Waals surface area contributed by atoms with Gasteiger partial charge in [-0.15, -0.1) is 0 Å². The Hall–Kier alpha value is -2.03. The summed E-state index contributed by atoms with van der Waals surface area (Å²) in [6, 6.07) is 12.7. The molecule has 0 aromatic heterocycles. The number of nitrogens with zero attached hydrogens (tertiary/aromatic N) is 1. The molecule has 2 aromatic carbocycles. The first kappa shape index (κ1) is 16.4. The molecule has 1 aliphatic carbocycles. The van der Waals surface area contributed by atoms with Crippen molar-refractivity contribution in [1.29, 1.82) is 0 Å². The average molecular weight is 337 g/mol. The Morgan fingerprint density at radius 1 is 1.08 bits per heavy atom. The normalized spacial score (nSPS) is 23.3. The van der Waals surface area contributed by atoms with E-state index in [1.807, 2.05) is 31.2 Å². The van der Waals surface area contributed by atoms with Gasteiger partial charge in [0.2, 0.25) is 0 Å². The molecule has 2 aromatic rings. The number of hydrogen-bond acceptors (Lipinski definition) is 2. The van der Waals surface area contributed by atoms with Gasteiger partial charge in [0.05, 0.1) is 12.2 Å². The van der Waals surface area contributed by atoms with Crippen molar-refractivity contribution in [2.45, 2.75) is 51.5 Å². The van der Waals surface area contributed by atoms with Gasteiger partial charge in [-0.3, -0.25) is 4.79 Å². The largest absolute Gasteiger partial charge is 0.493 e. The Morgan fingerprint density at radius 3 is 2.60 bits per heavy atom. The van der Waals surface area contributed by atoms with Crippen molar-refractivity contribution in [2.75, 3.05) is 13.2 Å². The number of amides is 1. The van der Waals surface area contributed by atoms with Gasteiger partial charge in [0, 0.05) is 12.6 Å². The van der Waals surface area contributed by atoms with E-state index in [-0.39, 0.29) is 5.91 Å². The van der Waals surface area contributed by atoms with Crippen LogP contribution in [0.25, 0.3) is 10.8 Å². The average Bonchev–Trinajstić information content (AvgIpc) is 2.67. The van der Waals surface area contributed by atoms with Gasteiger partial charge >= 0.3 is 0 Å². The van der Waals surface area contributed by atoms with Crippen LogP contribution in [0.15, 0.2) is 36.4 Å². The van der Waals surface area contributed by atoms with Crippen molar-refractivity contribution >= 4 is 16.7 Å². The third kappa shape index (κ3) is 3.12. The van der Waals surface area contributed by atoms with E-state index in [9.17, 15) is 4.79 Å². The first-order valence-corrected chi connectivity index (χ1v) is 9.74. The van der Waals surface area contributed by atoms with E-state index >= 15 is 0 Å². The molecule has 0 spiro atoms. The SMILES string of the molecule is CCOc1cc2ccccc2cc1C(=O)N1CCCC2CCCCC21. The van der Waals surface area contributed by atoms with E-state index in [4.69, 9.17) is 4.74 Å². The lowest BCUT2D eigenvalue weighted by atomic mass is 9.78. The van der Waals surface area contributed by atoms with Gasteiger partial charge in [-0.2, -0.15) is 0 Å². The van der Waals surface area contributed by atoms with Crippen LogP contribution in [0.2, 0.25) is 0 Å². The first-order valence-electron chi connectivity index (χ1n) is 9.74. The van der Waals surface area contributed by atoms with Crippen LogP contribution in [0.4, 0.5) is 0 Å². The molecule has 2 unspecified atom stereocenters. The minimum Gasteiger partial charge on any atom is -0.493 e. The molecule has 25 heavy (non-hydrogen) atoms. The first-order chi connectivity index (χ1) is 12.3. The lowest BCUT2D eigenvalue weighted by molar-refractivity contribution is 0.0387. The molecule has 4 rings (SSSR count). The monoisotopic (exact) mass is 337 g/mol. The number of likely N-dealkylation sites (tertiary alicyclic amines) is 1. The quantitative estimate of drug-likeness (QED) is 0.786. The summed E-state index contributed by atoms with van der Waals surface area (Å²) in [7, 11) is 0. The molecule has 0 N–H and O–H groups in total. The van der Waals surface area contributed by atoms with Crippen LogP contribution in [0.3, 0.4) is 0 Å². The molecular weight excluding hydrogens is 310 g/mol. The van der Waals surface area contributed by atoms with E-state index in [1.54, 1.807) is 0 Å². The van der Waals surface area contributed by atoms with Crippen LogP contribution in [0, 0.1) is 5.92 Å². The Bertz CT molecular complexity index is 768. The highest BCUT2D eigenvalue weighted by Crippen LogP contribution is 2.37. The van der Waals surface area contributed by atoms with E-state index in [1.165, 1.54) is 25.7 Å². The molecule has 1 heterocycles. The predicted octanol–water partition coefficient (Wildman–Crippen LogP) is 5.03. The zero-order valence-electron chi connectivity index (χ0n) is 15.0. The molecular formula is C22H27NO2. The van der Waals surface area contributed by atoms with Crippen molar-refractivity contribution < 1.29 is 9.53 Å². The maximum atomic E-state index is 13.4. The molecule has 1 saturated carbocycles. The van der Waals surface area contributed by atoms with Crippen molar-refractivity contribution in [1.82, 2.24) is 4.90 Å². The van der Waals surface area contributed by atoms with Crippen molar-refractivity contribution in [3.05, 3.63) is 42.0 Å². The zero-order valence-corrected chi connectivity index (χ0v) is 15.0. The molecule has 2 atom stereocenters. The maximum absolute atomic E-state index is 13.4. The van der Waals surface area contributed by atoms with Gasteiger partial charge in [-0.05, 0) is 61.4 Å². The summed E-state index contributed by atoms with van der Waals surface area (Å²) in [6.07, 6.45) is 7.43. The topological polar surface area (TPSA) is 29.5 Å². The Balaban J connectivity index is 1.71. The number of benzene rings is 2. The van der Waals surface area contributed by atoms with E-state index in [2.05, 4.69) is 17.0 Å². The summed E-state index contributed by atoms with van der Waals surface area (Å²) < 4.78 is 5.85. The summed E-state index contributed by atoms with van der Waals surface area (Å²) in [5, 5.41) is 2.23. The molecule has 2 aliphatic rings. The van der Waals surface area contributed by atoms with E-state index < -0.39 is 0 Å². The molecule has 1 amide bonds. The number of carbonyl (C=O) groups is 1. The summed E-state index contributed by atoms with van der Waals surface area (Å²) in [6.45, 7) is 3.44. The number of hydrogen-bond donors (Lipinski definition) is 0.